The number of benzene rings is 1. The monoisotopic (exact) mass is 245 g/mol. The number of nitrogen functional groups attached to an aromatic ring is 1. The van der Waals surface area contributed by atoms with E-state index in [1.54, 1.807) is 6.07 Å². The zero-order valence-electron chi connectivity index (χ0n) is 11.6. The van der Waals surface area contributed by atoms with Crippen LogP contribution in [0.3, 0.4) is 0 Å². The fourth-order valence-electron chi connectivity index (χ4n) is 2.01. The Morgan fingerprint density at radius 1 is 1.39 bits per heavy atom. The van der Waals surface area contributed by atoms with Gasteiger partial charge in [0.05, 0.1) is 23.0 Å². The highest BCUT2D eigenvalue weighted by atomic mass is 15.2. The van der Waals surface area contributed by atoms with Crippen LogP contribution in [0, 0.1) is 11.3 Å². The van der Waals surface area contributed by atoms with E-state index in [1.807, 2.05) is 12.1 Å². The molecule has 0 aliphatic heterocycles. The third-order valence-electron chi connectivity index (χ3n) is 3.34. The first-order chi connectivity index (χ1) is 8.63. The fraction of sp³-hybridized carbons (Fsp3) is 0.533. The van der Waals surface area contributed by atoms with Gasteiger partial charge in [-0.3, -0.25) is 0 Å². The van der Waals surface area contributed by atoms with Crippen molar-refractivity contribution in [2.75, 3.05) is 17.2 Å². The van der Waals surface area contributed by atoms with Crippen molar-refractivity contribution in [1.29, 1.82) is 5.26 Å². The Kier molecular flexibility index (Phi) is 5.51. The molecule has 0 saturated carbocycles. The van der Waals surface area contributed by atoms with E-state index in [0.29, 0.717) is 17.3 Å². The largest absolute Gasteiger partial charge is 0.397 e. The first-order valence-corrected chi connectivity index (χ1v) is 6.70. The number of hydrogen-bond acceptors (Lipinski definition) is 3. The number of nitrogens with two attached hydrogens (primary N) is 1. The van der Waals surface area contributed by atoms with E-state index in [-0.39, 0.29) is 0 Å². The summed E-state index contributed by atoms with van der Waals surface area (Å²) in [6.45, 7) is 7.61. The summed E-state index contributed by atoms with van der Waals surface area (Å²) in [6, 6.07) is 8.16. The molecule has 0 amide bonds. The Balaban J connectivity index is 3.01. The Morgan fingerprint density at radius 3 is 2.61 bits per heavy atom. The maximum absolute atomic E-state index is 8.87. The molecule has 0 aliphatic rings. The first kappa shape index (κ1) is 14.4. The zero-order valence-corrected chi connectivity index (χ0v) is 11.6. The van der Waals surface area contributed by atoms with Gasteiger partial charge in [0.1, 0.15) is 0 Å². The van der Waals surface area contributed by atoms with E-state index >= 15 is 0 Å². The molecule has 0 aromatic heterocycles. The molecule has 1 aromatic carbocycles. The van der Waals surface area contributed by atoms with E-state index in [9.17, 15) is 0 Å². The molecule has 0 bridgehead atoms. The molecule has 1 unspecified atom stereocenters. The standard InChI is InChI=1S/C15H23N3/c1-4-6-9-18(12(3)5-2)15-8-7-13(11-16)10-14(15)17/h7-8,10,12H,4-6,9,17H2,1-3H3. The van der Waals surface area contributed by atoms with Crippen LogP contribution in [0.15, 0.2) is 18.2 Å². The second-order valence-corrected chi connectivity index (χ2v) is 4.69. The summed E-state index contributed by atoms with van der Waals surface area (Å²) in [6.07, 6.45) is 3.41. The first-order valence-electron chi connectivity index (χ1n) is 6.70. The molecule has 18 heavy (non-hydrogen) atoms. The summed E-state index contributed by atoms with van der Waals surface area (Å²) in [4.78, 5) is 2.35. The summed E-state index contributed by atoms with van der Waals surface area (Å²) in [5.74, 6) is 0. The van der Waals surface area contributed by atoms with Crippen LogP contribution in [-0.4, -0.2) is 12.6 Å². The molecule has 0 fully saturated rings. The van der Waals surface area contributed by atoms with Gasteiger partial charge in [-0.2, -0.15) is 5.26 Å². The molecule has 0 saturated heterocycles. The second-order valence-electron chi connectivity index (χ2n) is 4.69. The number of nitriles is 1. The van der Waals surface area contributed by atoms with Crippen LogP contribution in [0.5, 0.6) is 0 Å². The van der Waals surface area contributed by atoms with Crippen LogP contribution in [0.4, 0.5) is 11.4 Å². The second kappa shape index (κ2) is 6.90. The van der Waals surface area contributed by atoms with Crippen LogP contribution in [0.25, 0.3) is 0 Å². The minimum Gasteiger partial charge on any atom is -0.397 e. The fourth-order valence-corrected chi connectivity index (χ4v) is 2.01. The Bertz CT molecular complexity index is 420. The topological polar surface area (TPSA) is 53.0 Å². The molecule has 1 rings (SSSR count). The van der Waals surface area contributed by atoms with Crippen molar-refractivity contribution >= 4 is 11.4 Å². The average Bonchev–Trinajstić information content (AvgIpc) is 2.39. The van der Waals surface area contributed by atoms with Gasteiger partial charge in [-0.1, -0.05) is 20.3 Å². The summed E-state index contributed by atoms with van der Waals surface area (Å²) in [5.41, 5.74) is 8.44. The van der Waals surface area contributed by atoms with Gasteiger partial charge in [-0.25, -0.2) is 0 Å². The maximum atomic E-state index is 8.87. The van der Waals surface area contributed by atoms with Gasteiger partial charge in [0.25, 0.3) is 0 Å². The lowest BCUT2D eigenvalue weighted by molar-refractivity contribution is 0.596. The molecular weight excluding hydrogens is 222 g/mol. The van der Waals surface area contributed by atoms with E-state index in [4.69, 9.17) is 11.0 Å². The molecule has 98 valence electrons. The van der Waals surface area contributed by atoms with Gasteiger partial charge in [-0.05, 0) is 38.0 Å². The molecule has 0 heterocycles. The van der Waals surface area contributed by atoms with Gasteiger partial charge in [0, 0.05) is 12.6 Å². The number of rotatable bonds is 6. The number of nitrogens with zero attached hydrogens (tertiary/aromatic N) is 2. The minimum atomic E-state index is 0.465. The predicted molar refractivity (Wildman–Crippen MR) is 77.6 cm³/mol. The maximum Gasteiger partial charge on any atom is 0.0992 e. The summed E-state index contributed by atoms with van der Waals surface area (Å²) >= 11 is 0. The van der Waals surface area contributed by atoms with Crippen molar-refractivity contribution in [3.63, 3.8) is 0 Å². The highest BCUT2D eigenvalue weighted by molar-refractivity contribution is 5.70. The van der Waals surface area contributed by atoms with Gasteiger partial charge in [0.15, 0.2) is 0 Å². The SMILES string of the molecule is CCCCN(c1ccc(C#N)cc1N)C(C)CC. The number of hydrogen-bond donors (Lipinski definition) is 1. The molecule has 3 heteroatoms. The van der Waals surface area contributed by atoms with Crippen molar-refractivity contribution in [3.8, 4) is 6.07 Å². The van der Waals surface area contributed by atoms with Crippen molar-refractivity contribution < 1.29 is 0 Å². The van der Waals surface area contributed by atoms with Crippen LogP contribution in [0.1, 0.15) is 45.6 Å². The lowest BCUT2D eigenvalue weighted by Crippen LogP contribution is -2.34. The molecular formula is C15H23N3. The lowest BCUT2D eigenvalue weighted by Gasteiger charge is -2.32. The van der Waals surface area contributed by atoms with Crippen LogP contribution in [0.2, 0.25) is 0 Å². The van der Waals surface area contributed by atoms with Gasteiger partial charge in [0.2, 0.25) is 0 Å². The summed E-state index contributed by atoms with van der Waals surface area (Å²) in [5, 5.41) is 8.87. The van der Waals surface area contributed by atoms with Crippen molar-refractivity contribution in [3.05, 3.63) is 23.8 Å². The van der Waals surface area contributed by atoms with Gasteiger partial charge in [-0.15, -0.1) is 0 Å². The molecule has 1 aromatic rings. The summed E-state index contributed by atoms with van der Waals surface area (Å²) < 4.78 is 0. The average molecular weight is 245 g/mol. The van der Waals surface area contributed by atoms with Crippen LogP contribution >= 0.6 is 0 Å². The lowest BCUT2D eigenvalue weighted by atomic mass is 10.1. The van der Waals surface area contributed by atoms with E-state index in [0.717, 1.165) is 25.1 Å². The number of anilines is 2. The Hall–Kier alpha value is -1.69. The third-order valence-corrected chi connectivity index (χ3v) is 3.34. The molecule has 0 radical (unpaired) electrons. The third kappa shape index (κ3) is 3.40. The van der Waals surface area contributed by atoms with Crippen LogP contribution in [-0.2, 0) is 0 Å². The zero-order chi connectivity index (χ0) is 13.5. The molecule has 2 N–H and O–H groups in total. The van der Waals surface area contributed by atoms with Crippen molar-refractivity contribution in [2.24, 2.45) is 0 Å². The predicted octanol–water partition coefficient (Wildman–Crippen LogP) is 3.55. The van der Waals surface area contributed by atoms with Gasteiger partial charge >= 0.3 is 0 Å². The Labute approximate surface area is 110 Å². The van der Waals surface area contributed by atoms with Crippen molar-refractivity contribution in [1.82, 2.24) is 0 Å². The summed E-state index contributed by atoms with van der Waals surface area (Å²) in [7, 11) is 0. The van der Waals surface area contributed by atoms with Crippen molar-refractivity contribution in [2.45, 2.75) is 46.1 Å². The molecule has 3 nitrogen and oxygen atoms in total. The van der Waals surface area contributed by atoms with Gasteiger partial charge < -0.3 is 10.6 Å². The molecule has 0 aliphatic carbocycles. The minimum absolute atomic E-state index is 0.465. The number of unbranched alkanes of at least 4 members (excludes halogenated alkanes) is 1. The van der Waals surface area contributed by atoms with E-state index in [2.05, 4.69) is 31.7 Å². The molecule has 0 spiro atoms. The molecule has 1 atom stereocenters. The Morgan fingerprint density at radius 2 is 2.11 bits per heavy atom. The normalized spacial score (nSPS) is 11.9. The van der Waals surface area contributed by atoms with Crippen LogP contribution < -0.4 is 10.6 Å². The van der Waals surface area contributed by atoms with E-state index in [1.165, 1.54) is 6.42 Å². The quantitative estimate of drug-likeness (QED) is 0.780. The highest BCUT2D eigenvalue weighted by Gasteiger charge is 2.15. The highest BCUT2D eigenvalue weighted by Crippen LogP contribution is 2.27. The smallest absolute Gasteiger partial charge is 0.0992 e. The van der Waals surface area contributed by atoms with E-state index < -0.39 is 0 Å².